The Labute approximate surface area is 151 Å². The number of hydrogen-bond donors (Lipinski definition) is 0. The summed E-state index contributed by atoms with van der Waals surface area (Å²) in [4.78, 5) is 0. The van der Waals surface area contributed by atoms with Crippen LogP contribution < -0.4 is 14.2 Å². The van der Waals surface area contributed by atoms with E-state index in [4.69, 9.17) is 18.9 Å². The van der Waals surface area contributed by atoms with Gasteiger partial charge in [-0.25, -0.2) is 0 Å². The van der Waals surface area contributed by atoms with Gasteiger partial charge >= 0.3 is 0 Å². The van der Waals surface area contributed by atoms with Gasteiger partial charge in [0.1, 0.15) is 5.75 Å². The standard InChI is InChI=1S/C21H32O4/c1-5-16(6-9-20-21(4,25-20)13-15(2)3)10-11-22-17-7-8-18-19(12-17)24-14-23-18/h7-8,12,15-16,20H,5-6,9-11,13-14H2,1-4H3. The lowest BCUT2D eigenvalue weighted by Crippen LogP contribution is -2.14. The van der Waals surface area contributed by atoms with Crippen molar-refractivity contribution in [2.24, 2.45) is 11.8 Å². The van der Waals surface area contributed by atoms with Gasteiger partial charge in [0.05, 0.1) is 18.3 Å². The molecule has 1 aromatic carbocycles. The van der Waals surface area contributed by atoms with E-state index < -0.39 is 0 Å². The van der Waals surface area contributed by atoms with Crippen LogP contribution in [0.5, 0.6) is 17.2 Å². The van der Waals surface area contributed by atoms with Crippen LogP contribution in [0.25, 0.3) is 0 Å². The minimum absolute atomic E-state index is 0.134. The van der Waals surface area contributed by atoms with Gasteiger partial charge in [-0.15, -0.1) is 0 Å². The van der Waals surface area contributed by atoms with Crippen molar-refractivity contribution in [1.82, 2.24) is 0 Å². The van der Waals surface area contributed by atoms with Crippen molar-refractivity contribution in [2.75, 3.05) is 13.4 Å². The second-order valence-corrected chi connectivity index (χ2v) is 8.02. The monoisotopic (exact) mass is 348 g/mol. The Kier molecular flexibility index (Phi) is 5.78. The van der Waals surface area contributed by atoms with Crippen LogP contribution in [0.15, 0.2) is 18.2 Å². The van der Waals surface area contributed by atoms with E-state index in [0.717, 1.165) is 30.3 Å². The van der Waals surface area contributed by atoms with Gasteiger partial charge in [0.25, 0.3) is 0 Å². The van der Waals surface area contributed by atoms with Gasteiger partial charge in [-0.3, -0.25) is 0 Å². The largest absolute Gasteiger partial charge is 0.493 e. The van der Waals surface area contributed by atoms with Gasteiger partial charge in [-0.1, -0.05) is 27.2 Å². The SMILES string of the molecule is CCC(CCOc1ccc2c(c1)OCO2)CCC1OC1(C)CC(C)C. The predicted molar refractivity (Wildman–Crippen MR) is 98.4 cm³/mol. The zero-order chi connectivity index (χ0) is 17.9. The molecule has 2 heterocycles. The van der Waals surface area contributed by atoms with Crippen molar-refractivity contribution in [3.05, 3.63) is 18.2 Å². The zero-order valence-electron chi connectivity index (χ0n) is 16.0. The van der Waals surface area contributed by atoms with Crippen LogP contribution in [0.4, 0.5) is 0 Å². The summed E-state index contributed by atoms with van der Waals surface area (Å²) in [7, 11) is 0. The van der Waals surface area contributed by atoms with Crippen molar-refractivity contribution in [3.63, 3.8) is 0 Å². The third-order valence-corrected chi connectivity index (χ3v) is 5.40. The van der Waals surface area contributed by atoms with E-state index in [1.54, 1.807) is 0 Å². The van der Waals surface area contributed by atoms with Crippen LogP contribution in [-0.4, -0.2) is 25.1 Å². The first-order chi connectivity index (χ1) is 12.0. The van der Waals surface area contributed by atoms with Gasteiger partial charge < -0.3 is 18.9 Å². The molecule has 140 valence electrons. The summed E-state index contributed by atoms with van der Waals surface area (Å²) in [6, 6.07) is 5.78. The lowest BCUT2D eigenvalue weighted by Gasteiger charge is -2.15. The van der Waals surface area contributed by atoms with E-state index >= 15 is 0 Å². The fourth-order valence-corrected chi connectivity index (χ4v) is 3.90. The van der Waals surface area contributed by atoms with E-state index in [0.29, 0.717) is 24.7 Å². The Bertz CT molecular complexity index is 571. The lowest BCUT2D eigenvalue weighted by molar-refractivity contribution is 0.173. The fraction of sp³-hybridized carbons (Fsp3) is 0.714. The van der Waals surface area contributed by atoms with Crippen molar-refractivity contribution in [1.29, 1.82) is 0 Å². The van der Waals surface area contributed by atoms with E-state index in [1.807, 2.05) is 18.2 Å². The molecule has 4 nitrogen and oxygen atoms in total. The van der Waals surface area contributed by atoms with Gasteiger partial charge in [-0.05, 0) is 56.6 Å². The molecule has 2 aliphatic heterocycles. The Hall–Kier alpha value is -1.42. The summed E-state index contributed by atoms with van der Waals surface area (Å²) >= 11 is 0. The quantitative estimate of drug-likeness (QED) is 0.545. The van der Waals surface area contributed by atoms with E-state index in [2.05, 4.69) is 27.7 Å². The second kappa shape index (κ2) is 7.86. The molecule has 0 amide bonds. The molecule has 1 saturated heterocycles. The lowest BCUT2D eigenvalue weighted by atomic mass is 9.90. The average Bonchev–Trinajstić information content (AvgIpc) is 2.99. The molecule has 0 aliphatic carbocycles. The van der Waals surface area contributed by atoms with Gasteiger partial charge in [-0.2, -0.15) is 0 Å². The van der Waals surface area contributed by atoms with Crippen LogP contribution >= 0.6 is 0 Å². The summed E-state index contributed by atoms with van der Waals surface area (Å²) in [5.74, 6) is 3.83. The van der Waals surface area contributed by atoms with Gasteiger partial charge in [0, 0.05) is 6.07 Å². The Morgan fingerprint density at radius 2 is 2.00 bits per heavy atom. The predicted octanol–water partition coefficient (Wildman–Crippen LogP) is 5.19. The zero-order valence-corrected chi connectivity index (χ0v) is 16.0. The average molecular weight is 348 g/mol. The van der Waals surface area contributed by atoms with E-state index in [-0.39, 0.29) is 5.60 Å². The number of ether oxygens (including phenoxy) is 4. The Morgan fingerprint density at radius 3 is 2.76 bits per heavy atom. The summed E-state index contributed by atoms with van der Waals surface area (Å²) in [6.45, 7) is 10.1. The third kappa shape index (κ3) is 4.81. The maximum absolute atomic E-state index is 5.97. The molecule has 0 bridgehead atoms. The van der Waals surface area contributed by atoms with Crippen molar-refractivity contribution >= 4 is 0 Å². The molecule has 0 aromatic heterocycles. The van der Waals surface area contributed by atoms with E-state index in [1.165, 1.54) is 25.7 Å². The fourth-order valence-electron chi connectivity index (χ4n) is 3.90. The molecule has 0 saturated carbocycles. The van der Waals surface area contributed by atoms with Crippen LogP contribution in [0.2, 0.25) is 0 Å². The number of rotatable bonds is 10. The van der Waals surface area contributed by atoms with Gasteiger partial charge in [0.2, 0.25) is 6.79 Å². The summed E-state index contributed by atoms with van der Waals surface area (Å²) in [5, 5.41) is 0. The Balaban J connectivity index is 1.37. The molecule has 25 heavy (non-hydrogen) atoms. The van der Waals surface area contributed by atoms with Crippen LogP contribution in [0.1, 0.15) is 59.8 Å². The number of hydrogen-bond acceptors (Lipinski definition) is 4. The molecule has 0 radical (unpaired) electrons. The Morgan fingerprint density at radius 1 is 1.20 bits per heavy atom. The molecular weight excluding hydrogens is 316 g/mol. The topological polar surface area (TPSA) is 40.2 Å². The first kappa shape index (κ1) is 18.4. The molecule has 0 spiro atoms. The first-order valence-electron chi connectivity index (χ1n) is 9.70. The second-order valence-electron chi connectivity index (χ2n) is 8.02. The summed E-state index contributed by atoms with van der Waals surface area (Å²) in [6.07, 6.45) is 6.29. The summed E-state index contributed by atoms with van der Waals surface area (Å²) < 4.78 is 22.6. The highest BCUT2D eigenvalue weighted by atomic mass is 16.7. The maximum Gasteiger partial charge on any atom is 0.231 e. The third-order valence-electron chi connectivity index (χ3n) is 5.40. The van der Waals surface area contributed by atoms with E-state index in [9.17, 15) is 0 Å². The summed E-state index contributed by atoms with van der Waals surface area (Å²) in [5.41, 5.74) is 0.134. The molecular formula is C21H32O4. The number of fused-ring (bicyclic) bond motifs is 1. The first-order valence-corrected chi connectivity index (χ1v) is 9.70. The maximum atomic E-state index is 5.97. The van der Waals surface area contributed by atoms with Crippen molar-refractivity contribution in [2.45, 2.75) is 71.5 Å². The highest BCUT2D eigenvalue weighted by molar-refractivity contribution is 5.46. The molecule has 0 N–H and O–H groups in total. The molecule has 3 rings (SSSR count). The smallest absolute Gasteiger partial charge is 0.231 e. The molecule has 2 aliphatic rings. The normalized spacial score (nSPS) is 25.2. The molecule has 3 unspecified atom stereocenters. The molecule has 4 heteroatoms. The number of epoxide rings is 1. The minimum atomic E-state index is 0.134. The molecule has 1 fully saturated rings. The van der Waals surface area contributed by atoms with Crippen molar-refractivity contribution in [3.8, 4) is 17.2 Å². The molecule has 3 atom stereocenters. The van der Waals surface area contributed by atoms with Gasteiger partial charge in [0.15, 0.2) is 11.5 Å². The highest BCUT2D eigenvalue weighted by Gasteiger charge is 2.51. The molecule has 1 aromatic rings. The highest BCUT2D eigenvalue weighted by Crippen LogP contribution is 2.44. The van der Waals surface area contributed by atoms with Crippen LogP contribution in [0.3, 0.4) is 0 Å². The van der Waals surface area contributed by atoms with Crippen LogP contribution in [0, 0.1) is 11.8 Å². The minimum Gasteiger partial charge on any atom is -0.493 e. The van der Waals surface area contributed by atoms with Crippen LogP contribution in [-0.2, 0) is 4.74 Å². The number of benzene rings is 1. The van der Waals surface area contributed by atoms with Crippen molar-refractivity contribution < 1.29 is 18.9 Å².